The van der Waals surface area contributed by atoms with Gasteiger partial charge in [-0.3, -0.25) is 4.79 Å². The molecule has 2 heteroatoms. The number of carbonyl (C=O) groups excluding carboxylic acids is 1. The van der Waals surface area contributed by atoms with Gasteiger partial charge in [-0.25, -0.2) is 0 Å². The van der Waals surface area contributed by atoms with Crippen molar-refractivity contribution >= 4 is 5.91 Å². The maximum Gasteiger partial charge on any atom is 0.223 e. The largest absolute Gasteiger partial charge is 0.356 e. The van der Waals surface area contributed by atoms with E-state index in [0.29, 0.717) is 11.8 Å². The van der Waals surface area contributed by atoms with E-state index in [9.17, 15) is 4.79 Å². The van der Waals surface area contributed by atoms with Crippen molar-refractivity contribution < 1.29 is 4.79 Å². The monoisotopic (exact) mass is 151 g/mol. The summed E-state index contributed by atoms with van der Waals surface area (Å²) in [4.78, 5) is 11.3. The topological polar surface area (TPSA) is 29.1 Å². The summed E-state index contributed by atoms with van der Waals surface area (Å²) in [6.45, 7) is 0.977. The second-order valence-corrected chi connectivity index (χ2v) is 4.27. The Morgan fingerprint density at radius 3 is 2.91 bits per heavy atom. The zero-order valence-electron chi connectivity index (χ0n) is 6.55. The Hall–Kier alpha value is -0.530. The molecule has 2 nitrogen and oxygen atoms in total. The highest BCUT2D eigenvalue weighted by Crippen LogP contribution is 2.53. The van der Waals surface area contributed by atoms with Gasteiger partial charge >= 0.3 is 0 Å². The molecule has 1 amide bonds. The molecule has 1 N–H and O–H groups in total. The highest BCUT2D eigenvalue weighted by molar-refractivity contribution is 5.82. The van der Waals surface area contributed by atoms with Crippen LogP contribution in [0.25, 0.3) is 0 Å². The molecular formula is C9H13NO. The van der Waals surface area contributed by atoms with Crippen molar-refractivity contribution in [3.05, 3.63) is 0 Å². The molecule has 11 heavy (non-hydrogen) atoms. The van der Waals surface area contributed by atoms with Crippen molar-refractivity contribution in [2.75, 3.05) is 6.54 Å². The zero-order chi connectivity index (χ0) is 7.42. The van der Waals surface area contributed by atoms with Gasteiger partial charge in [-0.05, 0) is 37.0 Å². The lowest BCUT2D eigenvalue weighted by Crippen LogP contribution is -2.24. The first-order valence-corrected chi connectivity index (χ1v) is 4.64. The minimum Gasteiger partial charge on any atom is -0.356 e. The molecule has 0 radical (unpaired) electrons. The maximum atomic E-state index is 11.3. The van der Waals surface area contributed by atoms with Gasteiger partial charge in [0, 0.05) is 12.5 Å². The first-order chi connectivity index (χ1) is 5.36. The predicted octanol–water partition coefficient (Wildman–Crippen LogP) is 0.778. The van der Waals surface area contributed by atoms with Crippen LogP contribution in [0.2, 0.25) is 0 Å². The van der Waals surface area contributed by atoms with Crippen molar-refractivity contribution in [3.63, 3.8) is 0 Å². The summed E-state index contributed by atoms with van der Waals surface area (Å²) >= 11 is 0. The summed E-state index contributed by atoms with van der Waals surface area (Å²) < 4.78 is 0. The summed E-state index contributed by atoms with van der Waals surface area (Å²) in [7, 11) is 0. The minimum absolute atomic E-state index is 0.349. The van der Waals surface area contributed by atoms with Crippen LogP contribution < -0.4 is 5.32 Å². The number of hydrogen-bond acceptors (Lipinski definition) is 1. The Morgan fingerprint density at radius 1 is 1.27 bits per heavy atom. The molecule has 1 aliphatic heterocycles. The first kappa shape index (κ1) is 6.04. The number of fused-ring (bicyclic) bond motifs is 5. The lowest BCUT2D eigenvalue weighted by atomic mass is 9.81. The van der Waals surface area contributed by atoms with Crippen molar-refractivity contribution in [2.45, 2.75) is 19.3 Å². The summed E-state index contributed by atoms with van der Waals surface area (Å²) in [5.74, 6) is 3.15. The van der Waals surface area contributed by atoms with Gasteiger partial charge in [0.15, 0.2) is 0 Å². The molecule has 3 rings (SSSR count). The van der Waals surface area contributed by atoms with Gasteiger partial charge in [0.2, 0.25) is 5.91 Å². The molecule has 0 aromatic carbocycles. The first-order valence-electron chi connectivity index (χ1n) is 4.64. The summed E-state index contributed by atoms with van der Waals surface area (Å²) in [6, 6.07) is 0. The Balaban J connectivity index is 1.97. The van der Waals surface area contributed by atoms with Crippen LogP contribution in [-0.2, 0) is 4.79 Å². The van der Waals surface area contributed by atoms with Crippen molar-refractivity contribution in [1.82, 2.24) is 5.32 Å². The average molecular weight is 151 g/mol. The standard InChI is InChI=1S/C9H13NO/c11-9-8-6-2-1-5(3-6)7(8)4-10-9/h5-8H,1-4H2,(H,10,11)/t5-,6+,7-,8+/m0/s1. The molecule has 0 unspecified atom stereocenters. The molecule has 4 atom stereocenters. The Kier molecular flexibility index (Phi) is 0.984. The molecule has 2 saturated carbocycles. The molecule has 0 aromatic heterocycles. The predicted molar refractivity (Wildman–Crippen MR) is 40.8 cm³/mol. The van der Waals surface area contributed by atoms with Gasteiger partial charge in [-0.2, -0.15) is 0 Å². The molecule has 60 valence electrons. The highest BCUT2D eigenvalue weighted by atomic mass is 16.2. The van der Waals surface area contributed by atoms with E-state index in [2.05, 4.69) is 5.32 Å². The number of amides is 1. The summed E-state index contributed by atoms with van der Waals surface area (Å²) in [6.07, 6.45) is 4.06. The van der Waals surface area contributed by atoms with E-state index in [1.54, 1.807) is 0 Å². The van der Waals surface area contributed by atoms with Crippen LogP contribution in [0.15, 0.2) is 0 Å². The smallest absolute Gasteiger partial charge is 0.223 e. The van der Waals surface area contributed by atoms with Gasteiger partial charge in [0.05, 0.1) is 0 Å². The van der Waals surface area contributed by atoms with Crippen molar-refractivity contribution in [3.8, 4) is 0 Å². The molecular weight excluding hydrogens is 138 g/mol. The van der Waals surface area contributed by atoms with Crippen LogP contribution in [0.1, 0.15) is 19.3 Å². The molecule has 1 heterocycles. The van der Waals surface area contributed by atoms with E-state index in [1.165, 1.54) is 19.3 Å². The third kappa shape index (κ3) is 0.608. The Labute approximate surface area is 66.4 Å². The SMILES string of the molecule is O=C1NC[C@H]2[C@H]3CC[C@H](C3)[C@@H]12. The Bertz CT molecular complexity index is 214. The van der Waals surface area contributed by atoms with Gasteiger partial charge in [0.1, 0.15) is 0 Å². The highest BCUT2D eigenvalue weighted by Gasteiger charge is 2.53. The van der Waals surface area contributed by atoms with Crippen molar-refractivity contribution in [2.24, 2.45) is 23.7 Å². The Morgan fingerprint density at radius 2 is 2.09 bits per heavy atom. The van der Waals surface area contributed by atoms with Gasteiger partial charge in [-0.15, -0.1) is 0 Å². The van der Waals surface area contributed by atoms with Crippen LogP contribution in [0, 0.1) is 23.7 Å². The van der Waals surface area contributed by atoms with E-state index in [0.717, 1.165) is 24.3 Å². The second kappa shape index (κ2) is 1.79. The van der Waals surface area contributed by atoms with Gasteiger partial charge < -0.3 is 5.32 Å². The van der Waals surface area contributed by atoms with Crippen LogP contribution in [-0.4, -0.2) is 12.5 Å². The van der Waals surface area contributed by atoms with E-state index >= 15 is 0 Å². The van der Waals surface area contributed by atoms with Gasteiger partial charge in [-0.1, -0.05) is 0 Å². The maximum absolute atomic E-state index is 11.3. The molecule has 2 aliphatic carbocycles. The third-order valence-electron chi connectivity index (χ3n) is 3.90. The van der Waals surface area contributed by atoms with E-state index in [-0.39, 0.29) is 0 Å². The summed E-state index contributed by atoms with van der Waals surface area (Å²) in [5, 5.41) is 2.98. The van der Waals surface area contributed by atoms with Crippen LogP contribution in [0.4, 0.5) is 0 Å². The van der Waals surface area contributed by atoms with E-state index in [4.69, 9.17) is 0 Å². The minimum atomic E-state index is 0.349. The molecule has 3 fully saturated rings. The molecule has 3 aliphatic rings. The van der Waals surface area contributed by atoms with E-state index in [1.807, 2.05) is 0 Å². The molecule has 0 aromatic rings. The number of hydrogen-bond donors (Lipinski definition) is 1. The van der Waals surface area contributed by atoms with Crippen LogP contribution in [0.3, 0.4) is 0 Å². The fourth-order valence-corrected chi connectivity index (χ4v) is 3.45. The summed E-state index contributed by atoms with van der Waals surface area (Å²) in [5.41, 5.74) is 0. The van der Waals surface area contributed by atoms with Crippen LogP contribution >= 0.6 is 0 Å². The quantitative estimate of drug-likeness (QED) is 0.544. The third-order valence-corrected chi connectivity index (χ3v) is 3.90. The second-order valence-electron chi connectivity index (χ2n) is 4.27. The van der Waals surface area contributed by atoms with Gasteiger partial charge in [0.25, 0.3) is 0 Å². The van der Waals surface area contributed by atoms with E-state index < -0.39 is 0 Å². The zero-order valence-corrected chi connectivity index (χ0v) is 6.55. The van der Waals surface area contributed by atoms with Crippen molar-refractivity contribution in [1.29, 1.82) is 0 Å². The number of rotatable bonds is 0. The lowest BCUT2D eigenvalue weighted by Gasteiger charge is -2.20. The lowest BCUT2D eigenvalue weighted by molar-refractivity contribution is -0.124. The number of carbonyl (C=O) groups is 1. The fraction of sp³-hybridized carbons (Fsp3) is 0.889. The fourth-order valence-electron chi connectivity index (χ4n) is 3.45. The molecule has 1 saturated heterocycles. The average Bonchev–Trinajstić information content (AvgIpc) is 2.60. The molecule has 2 bridgehead atoms. The normalized spacial score (nSPS) is 52.9. The van der Waals surface area contributed by atoms with Crippen LogP contribution in [0.5, 0.6) is 0 Å². The number of nitrogens with one attached hydrogen (secondary N) is 1. The molecule has 0 spiro atoms.